The van der Waals surface area contributed by atoms with Crippen LogP contribution in [0.4, 0.5) is 0 Å². The lowest BCUT2D eigenvalue weighted by atomic mass is 10.0. The van der Waals surface area contributed by atoms with Crippen LogP contribution in [0.5, 0.6) is 0 Å². The Labute approximate surface area is 95.8 Å². The average Bonchev–Trinajstić information content (AvgIpc) is 2.15. The van der Waals surface area contributed by atoms with Crippen LogP contribution in [0, 0.1) is 0 Å². The standard InChI is InChI=1S/C10H11BrO2S/c1-14-6-9(10(12)13)7-2-4-8(11)5-3-7/h2-5,9H,6H2,1H3,(H,12,13). The Morgan fingerprint density at radius 3 is 2.50 bits per heavy atom. The molecule has 76 valence electrons. The maximum Gasteiger partial charge on any atom is 0.311 e. The Hall–Kier alpha value is -0.480. The lowest BCUT2D eigenvalue weighted by molar-refractivity contribution is -0.138. The third-order valence-electron chi connectivity index (χ3n) is 1.90. The van der Waals surface area contributed by atoms with Crippen LogP contribution >= 0.6 is 27.7 Å². The Kier molecular flexibility index (Phi) is 4.48. The van der Waals surface area contributed by atoms with Gasteiger partial charge >= 0.3 is 5.97 Å². The van der Waals surface area contributed by atoms with E-state index in [0.29, 0.717) is 5.75 Å². The number of carboxylic acid groups (broad SMARTS) is 1. The van der Waals surface area contributed by atoms with Crippen molar-refractivity contribution in [1.82, 2.24) is 0 Å². The highest BCUT2D eigenvalue weighted by Gasteiger charge is 2.18. The van der Waals surface area contributed by atoms with Crippen molar-refractivity contribution >= 4 is 33.7 Å². The monoisotopic (exact) mass is 274 g/mol. The number of benzene rings is 1. The zero-order chi connectivity index (χ0) is 10.6. The van der Waals surface area contributed by atoms with Gasteiger partial charge < -0.3 is 5.11 Å². The fourth-order valence-corrected chi connectivity index (χ4v) is 2.10. The van der Waals surface area contributed by atoms with E-state index in [1.807, 2.05) is 30.5 Å². The number of halogens is 1. The molecule has 0 fully saturated rings. The summed E-state index contributed by atoms with van der Waals surface area (Å²) in [6.45, 7) is 0. The van der Waals surface area contributed by atoms with E-state index in [-0.39, 0.29) is 0 Å². The van der Waals surface area contributed by atoms with Gasteiger partial charge in [0.25, 0.3) is 0 Å². The normalized spacial score (nSPS) is 12.4. The van der Waals surface area contributed by atoms with Crippen LogP contribution in [-0.4, -0.2) is 23.1 Å². The second-order valence-electron chi connectivity index (χ2n) is 2.90. The third-order valence-corrected chi connectivity index (χ3v) is 3.10. The quantitative estimate of drug-likeness (QED) is 0.917. The molecule has 1 aromatic rings. The minimum atomic E-state index is -0.762. The van der Waals surface area contributed by atoms with Crippen molar-refractivity contribution in [3.8, 4) is 0 Å². The minimum absolute atomic E-state index is 0.405. The van der Waals surface area contributed by atoms with Crippen molar-refractivity contribution in [2.45, 2.75) is 5.92 Å². The maximum absolute atomic E-state index is 10.9. The van der Waals surface area contributed by atoms with Crippen molar-refractivity contribution in [2.75, 3.05) is 12.0 Å². The molecular weight excluding hydrogens is 264 g/mol. The first-order chi connectivity index (χ1) is 6.65. The van der Waals surface area contributed by atoms with Gasteiger partial charge in [0.05, 0.1) is 5.92 Å². The highest BCUT2D eigenvalue weighted by molar-refractivity contribution is 9.10. The van der Waals surface area contributed by atoms with Crippen LogP contribution in [0.15, 0.2) is 28.7 Å². The Balaban J connectivity index is 2.87. The molecule has 1 rings (SSSR count). The summed E-state index contributed by atoms with van der Waals surface area (Å²) in [4.78, 5) is 10.9. The molecule has 1 atom stereocenters. The Morgan fingerprint density at radius 2 is 2.07 bits per heavy atom. The third kappa shape index (κ3) is 3.03. The molecule has 0 saturated heterocycles. The summed E-state index contributed by atoms with van der Waals surface area (Å²) in [5.74, 6) is -0.559. The van der Waals surface area contributed by atoms with E-state index in [2.05, 4.69) is 15.9 Å². The number of thioether (sulfide) groups is 1. The van der Waals surface area contributed by atoms with Crippen molar-refractivity contribution in [3.63, 3.8) is 0 Å². The molecule has 0 aromatic heterocycles. The summed E-state index contributed by atoms with van der Waals surface area (Å²) in [5.41, 5.74) is 0.857. The van der Waals surface area contributed by atoms with Crippen LogP contribution in [0.3, 0.4) is 0 Å². The van der Waals surface area contributed by atoms with Gasteiger partial charge in [0.15, 0.2) is 0 Å². The van der Waals surface area contributed by atoms with Crippen molar-refractivity contribution < 1.29 is 9.90 Å². The predicted molar refractivity (Wildman–Crippen MR) is 62.9 cm³/mol. The molecule has 1 unspecified atom stereocenters. The summed E-state index contributed by atoms with van der Waals surface area (Å²) in [6, 6.07) is 7.43. The number of hydrogen-bond acceptors (Lipinski definition) is 2. The zero-order valence-corrected chi connectivity index (χ0v) is 10.1. The molecule has 0 aliphatic carbocycles. The smallest absolute Gasteiger partial charge is 0.311 e. The molecule has 4 heteroatoms. The average molecular weight is 275 g/mol. The van der Waals surface area contributed by atoms with Crippen LogP contribution < -0.4 is 0 Å². The fourth-order valence-electron chi connectivity index (χ4n) is 1.17. The van der Waals surface area contributed by atoms with E-state index >= 15 is 0 Å². The second-order valence-corrected chi connectivity index (χ2v) is 4.72. The first kappa shape index (κ1) is 11.6. The van der Waals surface area contributed by atoms with Crippen molar-refractivity contribution in [2.24, 2.45) is 0 Å². The highest BCUT2D eigenvalue weighted by atomic mass is 79.9. The number of carbonyl (C=O) groups is 1. The highest BCUT2D eigenvalue weighted by Crippen LogP contribution is 2.22. The lowest BCUT2D eigenvalue weighted by Gasteiger charge is -2.10. The van der Waals surface area contributed by atoms with Gasteiger partial charge in [0, 0.05) is 10.2 Å². The van der Waals surface area contributed by atoms with Gasteiger partial charge in [-0.1, -0.05) is 28.1 Å². The lowest BCUT2D eigenvalue weighted by Crippen LogP contribution is -2.13. The number of aliphatic carboxylic acids is 1. The van der Waals surface area contributed by atoms with E-state index < -0.39 is 11.9 Å². The van der Waals surface area contributed by atoms with E-state index in [0.717, 1.165) is 10.0 Å². The zero-order valence-electron chi connectivity index (χ0n) is 7.74. The summed E-state index contributed by atoms with van der Waals surface area (Å²) >= 11 is 4.86. The van der Waals surface area contributed by atoms with Gasteiger partial charge in [-0.3, -0.25) is 4.79 Å². The Bertz CT molecular complexity index is 310. The van der Waals surface area contributed by atoms with Crippen LogP contribution in [0.2, 0.25) is 0 Å². The van der Waals surface area contributed by atoms with Gasteiger partial charge in [-0.2, -0.15) is 11.8 Å². The van der Waals surface area contributed by atoms with E-state index in [1.165, 1.54) is 0 Å². The van der Waals surface area contributed by atoms with Crippen LogP contribution in [0.25, 0.3) is 0 Å². The molecule has 14 heavy (non-hydrogen) atoms. The summed E-state index contributed by atoms with van der Waals surface area (Å²) in [5, 5.41) is 9.00. The van der Waals surface area contributed by atoms with Crippen molar-refractivity contribution in [1.29, 1.82) is 0 Å². The maximum atomic E-state index is 10.9. The first-order valence-electron chi connectivity index (χ1n) is 4.12. The molecule has 0 aliphatic rings. The van der Waals surface area contributed by atoms with Gasteiger partial charge in [-0.15, -0.1) is 0 Å². The molecule has 1 aromatic carbocycles. The van der Waals surface area contributed by atoms with E-state index in [9.17, 15) is 4.79 Å². The molecule has 0 heterocycles. The Morgan fingerprint density at radius 1 is 1.50 bits per heavy atom. The number of carboxylic acids is 1. The summed E-state index contributed by atoms with van der Waals surface area (Å²) in [7, 11) is 0. The van der Waals surface area contributed by atoms with Gasteiger partial charge in [-0.05, 0) is 24.0 Å². The molecule has 0 radical (unpaired) electrons. The molecule has 0 spiro atoms. The minimum Gasteiger partial charge on any atom is -0.481 e. The molecular formula is C10H11BrO2S. The second kappa shape index (κ2) is 5.41. The molecule has 0 aliphatic heterocycles. The van der Waals surface area contributed by atoms with Crippen LogP contribution in [-0.2, 0) is 4.79 Å². The first-order valence-corrected chi connectivity index (χ1v) is 6.31. The predicted octanol–water partition coefficient (Wildman–Crippen LogP) is 2.98. The molecule has 0 bridgehead atoms. The van der Waals surface area contributed by atoms with Crippen molar-refractivity contribution in [3.05, 3.63) is 34.3 Å². The molecule has 1 N–H and O–H groups in total. The van der Waals surface area contributed by atoms with Gasteiger partial charge in [-0.25, -0.2) is 0 Å². The summed E-state index contributed by atoms with van der Waals surface area (Å²) in [6.07, 6.45) is 1.91. The SMILES string of the molecule is CSCC(C(=O)O)c1ccc(Br)cc1. The fraction of sp³-hybridized carbons (Fsp3) is 0.300. The van der Waals surface area contributed by atoms with E-state index in [1.54, 1.807) is 11.8 Å². The topological polar surface area (TPSA) is 37.3 Å². The van der Waals surface area contributed by atoms with Crippen LogP contribution in [0.1, 0.15) is 11.5 Å². The summed E-state index contributed by atoms with van der Waals surface area (Å²) < 4.78 is 0.967. The van der Waals surface area contributed by atoms with Gasteiger partial charge in [0.2, 0.25) is 0 Å². The van der Waals surface area contributed by atoms with Gasteiger partial charge in [0.1, 0.15) is 0 Å². The van der Waals surface area contributed by atoms with E-state index in [4.69, 9.17) is 5.11 Å². The molecule has 0 amide bonds. The number of hydrogen-bond donors (Lipinski definition) is 1. The molecule has 0 saturated carbocycles. The number of rotatable bonds is 4. The largest absolute Gasteiger partial charge is 0.481 e. The molecule has 2 nitrogen and oxygen atoms in total.